The van der Waals surface area contributed by atoms with Gasteiger partial charge >= 0.3 is 0 Å². The summed E-state index contributed by atoms with van der Waals surface area (Å²) in [7, 11) is 0. The third-order valence-electron chi connectivity index (χ3n) is 5.05. The van der Waals surface area contributed by atoms with E-state index in [2.05, 4.69) is 30.2 Å². The van der Waals surface area contributed by atoms with Crippen molar-refractivity contribution in [3.05, 3.63) is 11.7 Å². The SMILES string of the molecule is C1CC1c1nc(-c2noc(C3CCN(C4CC4)CC3)n2)n[nH]1. The van der Waals surface area contributed by atoms with E-state index in [1.807, 2.05) is 0 Å². The Hall–Kier alpha value is -1.76. The molecule has 0 bridgehead atoms. The van der Waals surface area contributed by atoms with Crippen molar-refractivity contribution < 1.29 is 4.52 Å². The number of aromatic amines is 1. The van der Waals surface area contributed by atoms with Gasteiger partial charge in [0.25, 0.3) is 0 Å². The van der Waals surface area contributed by atoms with Gasteiger partial charge in [-0.3, -0.25) is 5.10 Å². The van der Waals surface area contributed by atoms with Crippen molar-refractivity contribution in [1.82, 2.24) is 30.2 Å². The van der Waals surface area contributed by atoms with Crippen LogP contribution in [0.1, 0.15) is 62.1 Å². The molecule has 3 aliphatic rings. The highest BCUT2D eigenvalue weighted by Gasteiger charge is 2.34. The maximum atomic E-state index is 5.48. The first-order chi connectivity index (χ1) is 10.9. The summed E-state index contributed by atoms with van der Waals surface area (Å²) in [6.45, 7) is 2.30. The van der Waals surface area contributed by atoms with E-state index in [9.17, 15) is 0 Å². The monoisotopic (exact) mass is 300 g/mol. The van der Waals surface area contributed by atoms with Crippen molar-refractivity contribution in [2.24, 2.45) is 0 Å². The molecule has 116 valence electrons. The number of likely N-dealkylation sites (tertiary alicyclic amines) is 1. The molecule has 5 rings (SSSR count). The Kier molecular flexibility index (Phi) is 2.82. The molecule has 0 unspecified atom stereocenters. The zero-order chi connectivity index (χ0) is 14.5. The van der Waals surface area contributed by atoms with Gasteiger partial charge in [-0.15, -0.1) is 5.10 Å². The molecule has 0 atom stereocenters. The van der Waals surface area contributed by atoms with E-state index >= 15 is 0 Å². The number of nitrogens with zero attached hydrogens (tertiary/aromatic N) is 5. The number of nitrogens with one attached hydrogen (secondary N) is 1. The van der Waals surface area contributed by atoms with Gasteiger partial charge in [0.2, 0.25) is 17.5 Å². The van der Waals surface area contributed by atoms with Crippen LogP contribution < -0.4 is 0 Å². The van der Waals surface area contributed by atoms with Crippen molar-refractivity contribution in [2.75, 3.05) is 13.1 Å². The molecule has 3 heterocycles. The quantitative estimate of drug-likeness (QED) is 0.930. The number of piperidine rings is 1. The van der Waals surface area contributed by atoms with E-state index in [0.29, 0.717) is 23.5 Å². The first-order valence-electron chi connectivity index (χ1n) is 8.37. The van der Waals surface area contributed by atoms with Crippen LogP contribution in [0, 0.1) is 0 Å². The Balaban J connectivity index is 1.28. The Bertz CT molecular complexity index is 663. The molecule has 1 aliphatic heterocycles. The third-order valence-corrected chi connectivity index (χ3v) is 5.05. The minimum Gasteiger partial charge on any atom is -0.339 e. The molecule has 2 aromatic rings. The van der Waals surface area contributed by atoms with Crippen molar-refractivity contribution >= 4 is 0 Å². The van der Waals surface area contributed by atoms with E-state index in [1.165, 1.54) is 25.7 Å². The molecule has 1 N–H and O–H groups in total. The van der Waals surface area contributed by atoms with Crippen LogP contribution in [0.3, 0.4) is 0 Å². The summed E-state index contributed by atoms with van der Waals surface area (Å²) in [5, 5.41) is 11.3. The predicted molar refractivity (Wildman–Crippen MR) is 78.2 cm³/mol. The van der Waals surface area contributed by atoms with Gasteiger partial charge in [-0.25, -0.2) is 4.98 Å². The first kappa shape index (κ1) is 12.8. The molecule has 2 saturated carbocycles. The Morgan fingerprint density at radius 1 is 0.909 bits per heavy atom. The largest absolute Gasteiger partial charge is 0.339 e. The van der Waals surface area contributed by atoms with Crippen molar-refractivity contribution in [1.29, 1.82) is 0 Å². The number of H-pyrrole nitrogens is 1. The zero-order valence-corrected chi connectivity index (χ0v) is 12.5. The molecular weight excluding hydrogens is 280 g/mol. The zero-order valence-electron chi connectivity index (χ0n) is 12.5. The van der Waals surface area contributed by atoms with Gasteiger partial charge in [-0.05, 0) is 51.6 Å². The molecule has 0 radical (unpaired) electrons. The summed E-state index contributed by atoms with van der Waals surface area (Å²) < 4.78 is 5.48. The average Bonchev–Trinajstić information content (AvgIpc) is 3.48. The smallest absolute Gasteiger partial charge is 0.242 e. The van der Waals surface area contributed by atoms with Crippen LogP contribution >= 0.6 is 0 Å². The van der Waals surface area contributed by atoms with Crippen LogP contribution in [-0.2, 0) is 0 Å². The van der Waals surface area contributed by atoms with Crippen molar-refractivity contribution in [2.45, 2.75) is 56.4 Å². The molecule has 3 fully saturated rings. The van der Waals surface area contributed by atoms with Gasteiger partial charge < -0.3 is 9.42 Å². The number of hydrogen-bond acceptors (Lipinski definition) is 6. The third kappa shape index (κ3) is 2.33. The lowest BCUT2D eigenvalue weighted by Crippen LogP contribution is -2.34. The summed E-state index contributed by atoms with van der Waals surface area (Å²) >= 11 is 0. The number of hydrogen-bond donors (Lipinski definition) is 1. The van der Waals surface area contributed by atoms with Gasteiger partial charge in [0, 0.05) is 17.9 Å². The lowest BCUT2D eigenvalue weighted by atomic mass is 9.97. The highest BCUT2D eigenvalue weighted by Crippen LogP contribution is 2.38. The lowest BCUT2D eigenvalue weighted by molar-refractivity contribution is 0.186. The first-order valence-corrected chi connectivity index (χ1v) is 8.37. The molecule has 7 nitrogen and oxygen atoms in total. The molecule has 0 amide bonds. The average molecular weight is 300 g/mol. The second kappa shape index (κ2) is 4.87. The highest BCUT2D eigenvalue weighted by atomic mass is 16.5. The molecular formula is C15H20N6O. The van der Waals surface area contributed by atoms with E-state index in [1.54, 1.807) is 0 Å². The van der Waals surface area contributed by atoms with Crippen LogP contribution in [0.5, 0.6) is 0 Å². The molecule has 1 saturated heterocycles. The standard InChI is InChI=1S/C15H20N6O/c1-2-9(1)12-16-13(19-18-12)14-17-15(22-20-14)10-5-7-21(8-6-10)11-3-4-11/h9-11H,1-8H2,(H,16,18,19). The Morgan fingerprint density at radius 3 is 2.45 bits per heavy atom. The summed E-state index contributed by atoms with van der Waals surface area (Å²) in [6.07, 6.45) is 7.38. The van der Waals surface area contributed by atoms with Crippen molar-refractivity contribution in [3.8, 4) is 11.6 Å². The molecule has 22 heavy (non-hydrogen) atoms. The second-order valence-corrected chi connectivity index (χ2v) is 6.82. The number of aromatic nitrogens is 5. The van der Waals surface area contributed by atoms with Crippen LogP contribution in [0.15, 0.2) is 4.52 Å². The Labute approximate surface area is 128 Å². The summed E-state index contributed by atoms with van der Waals surface area (Å²) in [4.78, 5) is 11.6. The predicted octanol–water partition coefficient (Wildman–Crippen LogP) is 2.07. The van der Waals surface area contributed by atoms with Crippen molar-refractivity contribution in [3.63, 3.8) is 0 Å². The normalized spacial score (nSPS) is 24.0. The van der Waals surface area contributed by atoms with E-state index in [0.717, 1.165) is 43.7 Å². The fraction of sp³-hybridized carbons (Fsp3) is 0.733. The van der Waals surface area contributed by atoms with E-state index in [-0.39, 0.29) is 0 Å². The second-order valence-electron chi connectivity index (χ2n) is 6.82. The summed E-state index contributed by atoms with van der Waals surface area (Å²) in [5.74, 6) is 3.73. The maximum Gasteiger partial charge on any atom is 0.242 e. The van der Waals surface area contributed by atoms with Gasteiger partial charge in [-0.2, -0.15) is 4.98 Å². The fourth-order valence-electron chi connectivity index (χ4n) is 3.36. The maximum absolute atomic E-state index is 5.48. The minimum atomic E-state index is 0.387. The topological polar surface area (TPSA) is 83.7 Å². The molecule has 2 aromatic heterocycles. The van der Waals surface area contributed by atoms with E-state index < -0.39 is 0 Å². The molecule has 0 spiro atoms. The van der Waals surface area contributed by atoms with Gasteiger partial charge in [0.15, 0.2) is 0 Å². The van der Waals surface area contributed by atoms with Gasteiger partial charge in [-0.1, -0.05) is 5.16 Å². The van der Waals surface area contributed by atoms with Crippen LogP contribution in [0.4, 0.5) is 0 Å². The minimum absolute atomic E-state index is 0.387. The number of rotatable bonds is 4. The van der Waals surface area contributed by atoms with E-state index in [4.69, 9.17) is 4.52 Å². The summed E-state index contributed by atoms with van der Waals surface area (Å²) in [5.41, 5.74) is 0. The highest BCUT2D eigenvalue weighted by molar-refractivity contribution is 5.41. The fourth-order valence-corrected chi connectivity index (χ4v) is 3.36. The molecule has 2 aliphatic carbocycles. The summed E-state index contributed by atoms with van der Waals surface area (Å²) in [6, 6.07) is 0.855. The molecule has 0 aromatic carbocycles. The van der Waals surface area contributed by atoms with Crippen LogP contribution in [-0.4, -0.2) is 49.4 Å². The van der Waals surface area contributed by atoms with Crippen LogP contribution in [0.25, 0.3) is 11.6 Å². The Morgan fingerprint density at radius 2 is 1.73 bits per heavy atom. The van der Waals surface area contributed by atoms with Gasteiger partial charge in [0.1, 0.15) is 5.82 Å². The van der Waals surface area contributed by atoms with Gasteiger partial charge in [0.05, 0.1) is 0 Å². The molecule has 7 heteroatoms. The van der Waals surface area contributed by atoms with Crippen LogP contribution in [0.2, 0.25) is 0 Å². The lowest BCUT2D eigenvalue weighted by Gasteiger charge is -2.30.